The molecule has 4 amide bonds. The fourth-order valence-corrected chi connectivity index (χ4v) is 4.45. The van der Waals surface area contributed by atoms with Gasteiger partial charge in [0.25, 0.3) is 11.5 Å². The zero-order valence-corrected chi connectivity index (χ0v) is 19.4. The van der Waals surface area contributed by atoms with E-state index in [-0.39, 0.29) is 17.5 Å². The maximum absolute atomic E-state index is 13.4. The number of hydrazine groups is 1. The first-order valence-electron chi connectivity index (χ1n) is 11.2. The molecule has 180 valence electrons. The minimum absolute atomic E-state index is 0.0933. The number of fused-ring (bicyclic) bond motifs is 1. The van der Waals surface area contributed by atoms with E-state index in [1.54, 1.807) is 24.0 Å². The van der Waals surface area contributed by atoms with Crippen LogP contribution in [-0.4, -0.2) is 67.5 Å². The number of H-pyrrole nitrogens is 1. The van der Waals surface area contributed by atoms with Gasteiger partial charge in [0.1, 0.15) is 12.6 Å². The molecular formula is C23H28N6O5. The van der Waals surface area contributed by atoms with Crippen molar-refractivity contribution in [3.8, 4) is 0 Å². The van der Waals surface area contributed by atoms with Gasteiger partial charge in [0.15, 0.2) is 0 Å². The molecule has 11 heteroatoms. The highest BCUT2D eigenvalue weighted by Crippen LogP contribution is 2.27. The van der Waals surface area contributed by atoms with Gasteiger partial charge in [-0.2, -0.15) is 10.0 Å². The Hall–Kier alpha value is -3.73. The summed E-state index contributed by atoms with van der Waals surface area (Å²) >= 11 is 0. The Labute approximate surface area is 195 Å². The Bertz CT molecular complexity index is 1230. The zero-order valence-electron chi connectivity index (χ0n) is 19.4. The number of benzene rings is 1. The lowest BCUT2D eigenvalue weighted by atomic mass is 10.1. The van der Waals surface area contributed by atoms with Crippen molar-refractivity contribution in [3.05, 3.63) is 62.4 Å². The van der Waals surface area contributed by atoms with Gasteiger partial charge in [-0.15, -0.1) is 0 Å². The fourth-order valence-electron chi connectivity index (χ4n) is 4.45. The van der Waals surface area contributed by atoms with Crippen LogP contribution in [0, 0.1) is 13.8 Å². The molecule has 2 aromatic rings. The maximum Gasteiger partial charge on any atom is 0.343 e. The molecule has 2 aliphatic heterocycles. The Kier molecular flexibility index (Phi) is 6.38. The topological polar surface area (TPSA) is 128 Å². The average molecular weight is 469 g/mol. The van der Waals surface area contributed by atoms with Crippen LogP contribution >= 0.6 is 0 Å². The predicted molar refractivity (Wildman–Crippen MR) is 124 cm³/mol. The van der Waals surface area contributed by atoms with Gasteiger partial charge in [0.05, 0.1) is 0 Å². The summed E-state index contributed by atoms with van der Waals surface area (Å²) in [5.41, 5.74) is 0.456. The highest BCUT2D eigenvalue weighted by Gasteiger charge is 2.45. The highest BCUT2D eigenvalue weighted by atomic mass is 16.2. The number of piperazine rings is 1. The number of amides is 4. The van der Waals surface area contributed by atoms with Crippen LogP contribution < -0.4 is 16.6 Å². The smallest absolute Gasteiger partial charge is 0.337 e. The molecule has 11 nitrogen and oxygen atoms in total. The van der Waals surface area contributed by atoms with Crippen molar-refractivity contribution in [2.45, 2.75) is 52.2 Å². The summed E-state index contributed by atoms with van der Waals surface area (Å²) < 4.78 is 1.05. The first-order valence-corrected chi connectivity index (χ1v) is 11.2. The molecule has 2 atom stereocenters. The van der Waals surface area contributed by atoms with Crippen molar-refractivity contribution in [1.29, 1.82) is 0 Å². The lowest BCUT2D eigenvalue weighted by Crippen LogP contribution is -2.66. The molecule has 2 fully saturated rings. The lowest BCUT2D eigenvalue weighted by Gasteiger charge is -2.45. The Balaban J connectivity index is 1.66. The number of carbonyl (C=O) groups is 3. The number of rotatable bonds is 4. The number of hydrogen-bond donors (Lipinski definition) is 2. The molecule has 0 aliphatic carbocycles. The van der Waals surface area contributed by atoms with Crippen molar-refractivity contribution >= 4 is 23.5 Å². The molecule has 2 saturated heterocycles. The molecule has 0 bridgehead atoms. The molecule has 4 rings (SSSR count). The highest BCUT2D eigenvalue weighted by molar-refractivity contribution is 6.01. The molecular weight excluding hydrogens is 440 g/mol. The molecule has 34 heavy (non-hydrogen) atoms. The summed E-state index contributed by atoms with van der Waals surface area (Å²) in [5.74, 6) is -0.851. The maximum atomic E-state index is 13.4. The third-order valence-electron chi connectivity index (χ3n) is 6.35. The van der Waals surface area contributed by atoms with Crippen LogP contribution in [0.4, 0.5) is 10.5 Å². The minimum atomic E-state index is -0.757. The monoisotopic (exact) mass is 468 g/mol. The van der Waals surface area contributed by atoms with Crippen LogP contribution in [0.25, 0.3) is 0 Å². The zero-order chi connectivity index (χ0) is 24.6. The van der Waals surface area contributed by atoms with Crippen LogP contribution in [0.1, 0.15) is 30.9 Å². The largest absolute Gasteiger partial charge is 0.343 e. The predicted octanol–water partition coefficient (Wildman–Crippen LogP) is 0.824. The molecule has 2 aliphatic rings. The number of imide groups is 1. The summed E-state index contributed by atoms with van der Waals surface area (Å²) in [6.45, 7) is 5.59. The van der Waals surface area contributed by atoms with Crippen molar-refractivity contribution in [2.24, 2.45) is 0 Å². The van der Waals surface area contributed by atoms with Crippen molar-refractivity contribution in [2.75, 3.05) is 18.4 Å². The number of carbonyl (C=O) groups excluding carboxylic acids is 3. The van der Waals surface area contributed by atoms with E-state index in [9.17, 15) is 24.0 Å². The Morgan fingerprint density at radius 3 is 2.56 bits per heavy atom. The third-order valence-corrected chi connectivity index (χ3v) is 6.35. The number of anilines is 1. The van der Waals surface area contributed by atoms with Gasteiger partial charge in [-0.3, -0.25) is 23.9 Å². The summed E-state index contributed by atoms with van der Waals surface area (Å²) in [6, 6.07) is 5.53. The van der Waals surface area contributed by atoms with E-state index in [2.05, 4.69) is 10.3 Å². The second-order valence-electron chi connectivity index (χ2n) is 8.83. The normalized spacial score (nSPS) is 20.2. The van der Waals surface area contributed by atoms with Crippen LogP contribution in [0.15, 0.2) is 40.1 Å². The van der Waals surface area contributed by atoms with Crippen LogP contribution in [0.2, 0.25) is 0 Å². The molecule has 0 saturated carbocycles. The molecule has 0 radical (unpaired) electrons. The van der Waals surface area contributed by atoms with E-state index in [0.717, 1.165) is 28.0 Å². The second kappa shape index (κ2) is 9.26. The van der Waals surface area contributed by atoms with Gasteiger partial charge in [-0.1, -0.05) is 17.7 Å². The number of nitrogens with zero attached hydrogens (tertiary/aromatic N) is 4. The molecule has 1 aromatic heterocycles. The first kappa shape index (κ1) is 23.4. The van der Waals surface area contributed by atoms with Gasteiger partial charge >= 0.3 is 11.7 Å². The van der Waals surface area contributed by atoms with Gasteiger partial charge in [0.2, 0.25) is 5.91 Å². The van der Waals surface area contributed by atoms with Crippen molar-refractivity contribution in [3.63, 3.8) is 0 Å². The number of urea groups is 1. The molecule has 3 heterocycles. The first-order chi connectivity index (χ1) is 16.2. The molecule has 2 N–H and O–H groups in total. The van der Waals surface area contributed by atoms with Crippen LogP contribution in [-0.2, 0) is 16.1 Å². The minimum Gasteiger partial charge on any atom is -0.337 e. The summed E-state index contributed by atoms with van der Waals surface area (Å²) in [7, 11) is 0. The number of aromatic nitrogens is 2. The van der Waals surface area contributed by atoms with Gasteiger partial charge in [-0.25, -0.2) is 9.59 Å². The lowest BCUT2D eigenvalue weighted by molar-refractivity contribution is -0.163. The van der Waals surface area contributed by atoms with Gasteiger partial charge < -0.3 is 10.2 Å². The number of hydrogen-bond acceptors (Lipinski definition) is 6. The quantitative estimate of drug-likeness (QED) is 0.684. The number of aromatic amines is 1. The number of nitrogens with one attached hydrogen (secondary N) is 2. The van der Waals surface area contributed by atoms with Crippen molar-refractivity contribution in [1.82, 2.24) is 24.5 Å². The van der Waals surface area contributed by atoms with Crippen molar-refractivity contribution < 1.29 is 14.4 Å². The van der Waals surface area contributed by atoms with Crippen LogP contribution in [0.5, 0.6) is 0 Å². The van der Waals surface area contributed by atoms with Gasteiger partial charge in [-0.05, 0) is 45.7 Å². The van der Waals surface area contributed by atoms with E-state index in [1.807, 2.05) is 19.1 Å². The average Bonchev–Trinajstić information content (AvgIpc) is 3.26. The van der Waals surface area contributed by atoms with Crippen LogP contribution in [0.3, 0.4) is 0 Å². The van der Waals surface area contributed by atoms with Gasteiger partial charge in [0, 0.05) is 36.6 Å². The third kappa shape index (κ3) is 4.51. The summed E-state index contributed by atoms with van der Waals surface area (Å²) in [5, 5.41) is 5.12. The SMILES string of the molecule is Cc1ccc(NC(=O)N(C(=O)Cn2cc(C)c(=O)[nH]c2=O)N2CC3CCCN3C(=O)C2C)cc1. The number of aryl methyl sites for hydroxylation is 2. The van der Waals surface area contributed by atoms with E-state index in [4.69, 9.17) is 0 Å². The van der Waals surface area contributed by atoms with E-state index < -0.39 is 35.8 Å². The van der Waals surface area contributed by atoms with E-state index >= 15 is 0 Å². The summed E-state index contributed by atoms with van der Waals surface area (Å²) in [6.07, 6.45) is 2.93. The second-order valence-corrected chi connectivity index (χ2v) is 8.83. The summed E-state index contributed by atoms with van der Waals surface area (Å²) in [4.78, 5) is 67.7. The Morgan fingerprint density at radius 1 is 1.15 bits per heavy atom. The molecule has 2 unspecified atom stereocenters. The Morgan fingerprint density at radius 2 is 1.85 bits per heavy atom. The van der Waals surface area contributed by atoms with E-state index in [1.165, 1.54) is 18.1 Å². The van der Waals surface area contributed by atoms with E-state index in [0.29, 0.717) is 18.8 Å². The molecule has 1 aromatic carbocycles. The standard InChI is InChI=1S/C23H28N6O5/c1-14-6-8-17(9-7-14)24-23(34)29(19(30)13-26-11-15(2)20(31)25-22(26)33)28-12-18-5-4-10-27(18)21(32)16(28)3/h6-9,11,16,18H,4-5,10,12-13H2,1-3H3,(H,24,34)(H,25,31,33). The molecule has 0 spiro atoms. The fraction of sp³-hybridized carbons (Fsp3) is 0.435.